The molecule has 28 heavy (non-hydrogen) atoms. The number of carbonyl (C=O) groups is 3. The normalized spacial score (nSPS) is 11.1. The fourth-order valence-electron chi connectivity index (χ4n) is 2.18. The molecule has 2 aromatic rings. The number of nitrogens with one attached hydrogen (secondary N) is 2. The highest BCUT2D eigenvalue weighted by Gasteiger charge is 2.18. The molecule has 1 atom stereocenters. The average Bonchev–Trinajstić information content (AvgIpc) is 2.67. The van der Waals surface area contributed by atoms with Gasteiger partial charge in [-0.15, -0.1) is 0 Å². The Balaban J connectivity index is 1.78. The van der Waals surface area contributed by atoms with E-state index in [0.29, 0.717) is 22.9 Å². The van der Waals surface area contributed by atoms with Gasteiger partial charge in [-0.25, -0.2) is 4.79 Å². The molecule has 0 saturated heterocycles. The summed E-state index contributed by atoms with van der Waals surface area (Å²) in [6, 6.07) is 13.3. The minimum Gasteiger partial charge on any atom is -0.497 e. The SMILES string of the molecule is COc1ccc(OCC(=O)OC(C)C(=O)Nc2ccc(NC(C)=O)cc2)cc1. The molecule has 0 heterocycles. The van der Waals surface area contributed by atoms with Gasteiger partial charge in [0.2, 0.25) is 5.91 Å². The van der Waals surface area contributed by atoms with Crippen LogP contribution < -0.4 is 20.1 Å². The molecule has 0 aliphatic heterocycles. The Morgan fingerprint density at radius 2 is 1.43 bits per heavy atom. The molecule has 0 bridgehead atoms. The molecule has 0 saturated carbocycles. The summed E-state index contributed by atoms with van der Waals surface area (Å²) < 4.78 is 15.4. The predicted octanol–water partition coefficient (Wildman–Crippen LogP) is 2.60. The molecule has 0 aromatic heterocycles. The number of anilines is 2. The topological polar surface area (TPSA) is 103 Å². The number of carbonyl (C=O) groups excluding carboxylic acids is 3. The largest absolute Gasteiger partial charge is 0.497 e. The molecular formula is C20H22N2O6. The third kappa shape index (κ3) is 6.64. The molecule has 0 aliphatic carbocycles. The van der Waals surface area contributed by atoms with E-state index in [1.54, 1.807) is 55.6 Å². The van der Waals surface area contributed by atoms with Crippen molar-refractivity contribution in [2.45, 2.75) is 20.0 Å². The quantitative estimate of drug-likeness (QED) is 0.676. The molecule has 2 rings (SSSR count). The predicted molar refractivity (Wildman–Crippen MR) is 103 cm³/mol. The Hall–Kier alpha value is -3.55. The van der Waals surface area contributed by atoms with Crippen LogP contribution in [0.2, 0.25) is 0 Å². The summed E-state index contributed by atoms with van der Waals surface area (Å²) >= 11 is 0. The second kappa shape index (κ2) is 9.96. The second-order valence-corrected chi connectivity index (χ2v) is 5.84. The van der Waals surface area contributed by atoms with Gasteiger partial charge in [0.1, 0.15) is 11.5 Å². The lowest BCUT2D eigenvalue weighted by atomic mass is 10.2. The van der Waals surface area contributed by atoms with Crippen LogP contribution in [0, 0.1) is 0 Å². The molecular weight excluding hydrogens is 364 g/mol. The highest BCUT2D eigenvalue weighted by Crippen LogP contribution is 2.17. The zero-order valence-corrected chi connectivity index (χ0v) is 15.9. The summed E-state index contributed by atoms with van der Waals surface area (Å²) in [5, 5.41) is 5.26. The van der Waals surface area contributed by atoms with Gasteiger partial charge >= 0.3 is 5.97 Å². The lowest BCUT2D eigenvalue weighted by Gasteiger charge is -2.14. The molecule has 2 amide bonds. The third-order valence-corrected chi connectivity index (χ3v) is 3.57. The summed E-state index contributed by atoms with van der Waals surface area (Å²) in [5.41, 5.74) is 1.12. The van der Waals surface area contributed by atoms with Crippen LogP contribution in [0.3, 0.4) is 0 Å². The number of esters is 1. The van der Waals surface area contributed by atoms with Gasteiger partial charge in [-0.05, 0) is 55.5 Å². The summed E-state index contributed by atoms with van der Waals surface area (Å²) in [4.78, 5) is 35.0. The Kier molecular flexibility index (Phi) is 7.38. The molecule has 0 aliphatic rings. The van der Waals surface area contributed by atoms with Crippen LogP contribution in [0.1, 0.15) is 13.8 Å². The van der Waals surface area contributed by atoms with Gasteiger partial charge in [-0.1, -0.05) is 0 Å². The minimum atomic E-state index is -0.998. The molecule has 8 nitrogen and oxygen atoms in total. The van der Waals surface area contributed by atoms with E-state index < -0.39 is 18.0 Å². The Morgan fingerprint density at radius 3 is 1.96 bits per heavy atom. The van der Waals surface area contributed by atoms with E-state index in [4.69, 9.17) is 14.2 Å². The average molecular weight is 386 g/mol. The fraction of sp³-hybridized carbons (Fsp3) is 0.250. The van der Waals surface area contributed by atoms with Crippen LogP contribution in [0.25, 0.3) is 0 Å². The van der Waals surface area contributed by atoms with E-state index >= 15 is 0 Å². The number of hydrogen-bond acceptors (Lipinski definition) is 6. The molecule has 0 spiro atoms. The highest BCUT2D eigenvalue weighted by atomic mass is 16.6. The number of benzene rings is 2. The first-order chi connectivity index (χ1) is 13.4. The monoisotopic (exact) mass is 386 g/mol. The first-order valence-electron chi connectivity index (χ1n) is 8.52. The maximum atomic E-state index is 12.1. The lowest BCUT2D eigenvalue weighted by Crippen LogP contribution is -2.31. The van der Waals surface area contributed by atoms with Crippen LogP contribution in [-0.4, -0.2) is 37.6 Å². The maximum absolute atomic E-state index is 12.1. The van der Waals surface area contributed by atoms with Crippen molar-refractivity contribution in [3.05, 3.63) is 48.5 Å². The van der Waals surface area contributed by atoms with Gasteiger partial charge in [0.05, 0.1) is 7.11 Å². The van der Waals surface area contributed by atoms with Crippen LogP contribution in [0.15, 0.2) is 48.5 Å². The Morgan fingerprint density at radius 1 is 0.893 bits per heavy atom. The number of hydrogen-bond donors (Lipinski definition) is 2. The lowest BCUT2D eigenvalue weighted by molar-refractivity contribution is -0.155. The van der Waals surface area contributed by atoms with Crippen LogP contribution in [0.5, 0.6) is 11.5 Å². The van der Waals surface area contributed by atoms with Gasteiger partial charge in [0.15, 0.2) is 12.7 Å². The van der Waals surface area contributed by atoms with Crippen molar-refractivity contribution in [1.29, 1.82) is 0 Å². The fourth-order valence-corrected chi connectivity index (χ4v) is 2.18. The van der Waals surface area contributed by atoms with Crippen molar-refractivity contribution < 1.29 is 28.6 Å². The first kappa shape index (κ1) is 20.8. The molecule has 1 unspecified atom stereocenters. The van der Waals surface area contributed by atoms with Gasteiger partial charge in [0.25, 0.3) is 5.91 Å². The molecule has 0 fully saturated rings. The van der Waals surface area contributed by atoms with Crippen molar-refractivity contribution in [2.75, 3.05) is 24.4 Å². The van der Waals surface area contributed by atoms with E-state index in [0.717, 1.165) is 0 Å². The van der Waals surface area contributed by atoms with E-state index in [9.17, 15) is 14.4 Å². The summed E-state index contributed by atoms with van der Waals surface area (Å²) in [6.45, 7) is 2.55. The molecule has 0 radical (unpaired) electrons. The summed E-state index contributed by atoms with van der Waals surface area (Å²) in [6.07, 6.45) is -0.998. The van der Waals surface area contributed by atoms with E-state index in [2.05, 4.69) is 10.6 Å². The van der Waals surface area contributed by atoms with Crippen LogP contribution in [0.4, 0.5) is 11.4 Å². The number of rotatable bonds is 8. The smallest absolute Gasteiger partial charge is 0.344 e. The van der Waals surface area contributed by atoms with Crippen molar-refractivity contribution in [1.82, 2.24) is 0 Å². The van der Waals surface area contributed by atoms with Gasteiger partial charge < -0.3 is 24.8 Å². The number of amides is 2. The number of methoxy groups -OCH3 is 1. The van der Waals surface area contributed by atoms with Crippen LogP contribution in [-0.2, 0) is 19.1 Å². The standard InChI is InChI=1S/C20H22N2O6/c1-13(20(25)22-16-6-4-15(5-7-16)21-14(2)23)28-19(24)12-27-18-10-8-17(26-3)9-11-18/h4-11,13H,12H2,1-3H3,(H,21,23)(H,22,25). The van der Waals surface area contributed by atoms with Crippen molar-refractivity contribution in [3.8, 4) is 11.5 Å². The Labute approximate surface area is 162 Å². The van der Waals surface area contributed by atoms with Crippen molar-refractivity contribution in [3.63, 3.8) is 0 Å². The van der Waals surface area contributed by atoms with Crippen LogP contribution >= 0.6 is 0 Å². The van der Waals surface area contributed by atoms with Gasteiger partial charge in [0, 0.05) is 18.3 Å². The third-order valence-electron chi connectivity index (χ3n) is 3.57. The second-order valence-electron chi connectivity index (χ2n) is 5.84. The first-order valence-corrected chi connectivity index (χ1v) is 8.52. The molecule has 148 valence electrons. The van der Waals surface area contributed by atoms with E-state index in [1.165, 1.54) is 13.8 Å². The zero-order chi connectivity index (χ0) is 20.5. The van der Waals surface area contributed by atoms with E-state index in [-0.39, 0.29) is 12.5 Å². The number of ether oxygens (including phenoxy) is 3. The Bertz CT molecular complexity index is 818. The zero-order valence-electron chi connectivity index (χ0n) is 15.9. The van der Waals surface area contributed by atoms with Crippen molar-refractivity contribution in [2.24, 2.45) is 0 Å². The molecule has 2 aromatic carbocycles. The van der Waals surface area contributed by atoms with Gasteiger partial charge in [-0.2, -0.15) is 0 Å². The highest BCUT2D eigenvalue weighted by molar-refractivity contribution is 5.95. The van der Waals surface area contributed by atoms with Crippen molar-refractivity contribution >= 4 is 29.2 Å². The molecule has 8 heteroatoms. The minimum absolute atomic E-state index is 0.186. The maximum Gasteiger partial charge on any atom is 0.344 e. The summed E-state index contributed by atoms with van der Waals surface area (Å²) in [5.74, 6) is -0.182. The van der Waals surface area contributed by atoms with Gasteiger partial charge in [-0.3, -0.25) is 9.59 Å². The molecule has 2 N–H and O–H groups in total. The van der Waals surface area contributed by atoms with E-state index in [1.807, 2.05) is 0 Å². The summed E-state index contributed by atoms with van der Waals surface area (Å²) in [7, 11) is 1.55.